The first kappa shape index (κ1) is 35.3. The quantitative estimate of drug-likeness (QED) is 0.155. The molecule has 0 radical (unpaired) electrons. The molecule has 0 heteroatoms. The highest BCUT2D eigenvalue weighted by atomic mass is 14.3. The Hall–Kier alpha value is -5.72. The Kier molecular flexibility index (Phi) is 9.55. The van der Waals surface area contributed by atoms with Gasteiger partial charge in [-0.05, 0) is 131 Å². The van der Waals surface area contributed by atoms with Gasteiger partial charge in [0, 0.05) is 0 Å². The van der Waals surface area contributed by atoms with Gasteiger partial charge in [0.25, 0.3) is 0 Å². The minimum absolute atomic E-state index is 0.0965. The fourth-order valence-corrected chi connectivity index (χ4v) is 8.55. The minimum Gasteiger partial charge on any atom is -0.0656 e. The van der Waals surface area contributed by atoms with Gasteiger partial charge in [-0.3, -0.25) is 0 Å². The number of hydrogen-bond donors (Lipinski definition) is 0. The van der Waals surface area contributed by atoms with Crippen LogP contribution in [0.5, 0.6) is 0 Å². The molecule has 0 atom stereocenters. The Bertz CT molecular complexity index is 2590. The second kappa shape index (κ2) is 14.6. The summed E-state index contributed by atoms with van der Waals surface area (Å²) in [5.74, 6) is 0. The molecule has 0 amide bonds. The Labute approximate surface area is 322 Å². The Morgan fingerprint density at radius 3 is 1.37 bits per heavy atom. The Morgan fingerprint density at radius 2 is 0.852 bits per heavy atom. The van der Waals surface area contributed by atoms with Gasteiger partial charge in [0.15, 0.2) is 0 Å². The predicted octanol–water partition coefficient (Wildman–Crippen LogP) is 16.1. The van der Waals surface area contributed by atoms with Crippen LogP contribution in [0.15, 0.2) is 158 Å². The third kappa shape index (κ3) is 5.95. The molecule has 0 heterocycles. The standard InChI is InChI=1S/C51H42.C3H8/c1-5-51(4,6-2)40-29-31-42-45(32-40)47(39-27-23-37(24-28-39)35-16-11-8-12-17-35)50-44-30-20-33(3)41-18-13-19-43(48(41)44)49(50)46(42)38-25-21-36(22-26-38)34-14-9-7-10-15-34;1-3-2/h7-32H,5-6H2,1-4H3;3H2,1-2H3. The molecule has 8 aromatic rings. The van der Waals surface area contributed by atoms with Gasteiger partial charge in [-0.15, -0.1) is 0 Å². The van der Waals surface area contributed by atoms with Crippen molar-refractivity contribution < 1.29 is 0 Å². The summed E-state index contributed by atoms with van der Waals surface area (Å²) < 4.78 is 0. The van der Waals surface area contributed by atoms with E-state index in [0.29, 0.717) is 0 Å². The summed E-state index contributed by atoms with van der Waals surface area (Å²) in [4.78, 5) is 0. The maximum Gasteiger partial charge on any atom is -0.000741 e. The molecule has 266 valence electrons. The van der Waals surface area contributed by atoms with E-state index in [2.05, 4.69) is 199 Å². The number of hydrogen-bond acceptors (Lipinski definition) is 0. The van der Waals surface area contributed by atoms with Crippen LogP contribution in [0, 0.1) is 6.92 Å². The highest BCUT2D eigenvalue weighted by Gasteiger charge is 2.32. The van der Waals surface area contributed by atoms with Crippen LogP contribution in [0.25, 0.3) is 88.3 Å². The molecule has 1 aliphatic carbocycles. The van der Waals surface area contributed by atoms with Crippen molar-refractivity contribution in [3.05, 3.63) is 169 Å². The fourth-order valence-electron chi connectivity index (χ4n) is 8.55. The molecule has 0 aliphatic heterocycles. The van der Waals surface area contributed by atoms with E-state index >= 15 is 0 Å². The van der Waals surface area contributed by atoms with Gasteiger partial charge >= 0.3 is 0 Å². The highest BCUT2D eigenvalue weighted by molar-refractivity contribution is 6.28. The molecule has 0 unspecified atom stereocenters. The topological polar surface area (TPSA) is 0 Å². The van der Waals surface area contributed by atoms with Gasteiger partial charge in [-0.2, -0.15) is 0 Å². The van der Waals surface area contributed by atoms with Gasteiger partial charge in [0.1, 0.15) is 0 Å². The van der Waals surface area contributed by atoms with Crippen molar-refractivity contribution in [2.75, 3.05) is 0 Å². The predicted molar refractivity (Wildman–Crippen MR) is 236 cm³/mol. The number of aryl methyl sites for hydroxylation is 1. The van der Waals surface area contributed by atoms with Crippen molar-refractivity contribution in [3.63, 3.8) is 0 Å². The molecule has 0 fully saturated rings. The Balaban J connectivity index is 0.00000134. The van der Waals surface area contributed by atoms with Gasteiger partial charge in [-0.25, -0.2) is 0 Å². The summed E-state index contributed by atoms with van der Waals surface area (Å²) >= 11 is 0. The van der Waals surface area contributed by atoms with Gasteiger partial charge < -0.3 is 0 Å². The van der Waals surface area contributed by atoms with E-state index in [1.54, 1.807) is 0 Å². The zero-order valence-electron chi connectivity index (χ0n) is 32.6. The molecule has 0 bridgehead atoms. The molecule has 1 aliphatic rings. The SMILES string of the molecule is CCC.CCC(C)(CC)c1ccc2c(-c3ccc(-c4ccccc4)cc3)c3c(c(-c4ccc(-c5ccccc5)cc4)c2c1)-c1ccc(C)c2cccc-3c12. The lowest BCUT2D eigenvalue weighted by atomic mass is 9.75. The summed E-state index contributed by atoms with van der Waals surface area (Å²) in [6.07, 6.45) is 3.44. The largest absolute Gasteiger partial charge is 0.0656 e. The van der Waals surface area contributed by atoms with Crippen LogP contribution >= 0.6 is 0 Å². The van der Waals surface area contributed by atoms with E-state index < -0.39 is 0 Å². The first-order valence-corrected chi connectivity index (χ1v) is 19.9. The van der Waals surface area contributed by atoms with Crippen LogP contribution in [0.2, 0.25) is 0 Å². The zero-order chi connectivity index (χ0) is 37.4. The van der Waals surface area contributed by atoms with Crippen LogP contribution in [0.1, 0.15) is 65.0 Å². The normalized spacial score (nSPS) is 11.7. The maximum atomic E-state index is 2.54. The molecule has 9 rings (SSSR count). The van der Waals surface area contributed by atoms with Crippen molar-refractivity contribution in [2.45, 2.75) is 66.2 Å². The second-order valence-corrected chi connectivity index (χ2v) is 15.3. The van der Waals surface area contributed by atoms with Crippen LogP contribution in [0.3, 0.4) is 0 Å². The second-order valence-electron chi connectivity index (χ2n) is 15.3. The molecule has 0 nitrogen and oxygen atoms in total. The molecule has 0 saturated carbocycles. The van der Waals surface area contributed by atoms with E-state index in [1.807, 2.05) is 0 Å². The van der Waals surface area contributed by atoms with Crippen LogP contribution < -0.4 is 0 Å². The van der Waals surface area contributed by atoms with Crippen molar-refractivity contribution in [3.8, 4) is 66.8 Å². The van der Waals surface area contributed by atoms with Crippen molar-refractivity contribution in [2.24, 2.45) is 0 Å². The van der Waals surface area contributed by atoms with E-state index in [9.17, 15) is 0 Å². The summed E-state index contributed by atoms with van der Waals surface area (Å²) in [6, 6.07) is 59.0. The maximum absolute atomic E-state index is 2.54. The molecule has 8 aromatic carbocycles. The number of benzene rings is 8. The number of fused-ring (bicyclic) bond motifs is 4. The third-order valence-corrected chi connectivity index (χ3v) is 11.9. The van der Waals surface area contributed by atoms with E-state index in [0.717, 1.165) is 12.8 Å². The van der Waals surface area contributed by atoms with E-state index in [-0.39, 0.29) is 5.41 Å². The molecule has 0 spiro atoms. The van der Waals surface area contributed by atoms with Crippen molar-refractivity contribution in [1.29, 1.82) is 0 Å². The first-order chi connectivity index (χ1) is 26.4. The summed E-state index contributed by atoms with van der Waals surface area (Å²) in [5.41, 5.74) is 18.3. The molecule has 0 saturated heterocycles. The average molecular weight is 699 g/mol. The lowest BCUT2D eigenvalue weighted by Crippen LogP contribution is -2.19. The van der Waals surface area contributed by atoms with Crippen LogP contribution in [0.4, 0.5) is 0 Å². The van der Waals surface area contributed by atoms with Crippen LogP contribution in [-0.4, -0.2) is 0 Å². The highest BCUT2D eigenvalue weighted by Crippen LogP contribution is 2.58. The lowest BCUT2D eigenvalue weighted by molar-refractivity contribution is 0.439. The molecular formula is C54H50. The monoisotopic (exact) mass is 698 g/mol. The smallest absolute Gasteiger partial charge is 0.000741 e. The fraction of sp³-hybridized carbons (Fsp3) is 0.185. The zero-order valence-corrected chi connectivity index (χ0v) is 32.6. The van der Waals surface area contributed by atoms with E-state index in [1.165, 1.54) is 106 Å². The summed E-state index contributed by atoms with van der Waals surface area (Å²) in [7, 11) is 0. The molecular weight excluding hydrogens is 649 g/mol. The first-order valence-electron chi connectivity index (χ1n) is 19.9. The molecule has 0 aromatic heterocycles. The van der Waals surface area contributed by atoms with Crippen LogP contribution in [-0.2, 0) is 5.41 Å². The van der Waals surface area contributed by atoms with Gasteiger partial charge in [-0.1, -0.05) is 193 Å². The van der Waals surface area contributed by atoms with Gasteiger partial charge in [0.2, 0.25) is 0 Å². The lowest BCUT2D eigenvalue weighted by Gasteiger charge is -2.29. The Morgan fingerprint density at radius 1 is 0.389 bits per heavy atom. The van der Waals surface area contributed by atoms with Crippen molar-refractivity contribution >= 4 is 21.5 Å². The van der Waals surface area contributed by atoms with Gasteiger partial charge in [0.05, 0.1) is 0 Å². The third-order valence-electron chi connectivity index (χ3n) is 11.9. The van der Waals surface area contributed by atoms with E-state index in [4.69, 9.17) is 0 Å². The number of rotatable bonds is 7. The summed E-state index contributed by atoms with van der Waals surface area (Å²) in [5, 5.41) is 5.35. The average Bonchev–Trinajstić information content (AvgIpc) is 3.56. The summed E-state index contributed by atoms with van der Waals surface area (Å²) in [6.45, 7) is 13.6. The minimum atomic E-state index is 0.0965. The van der Waals surface area contributed by atoms with Crippen molar-refractivity contribution in [1.82, 2.24) is 0 Å². The molecule has 54 heavy (non-hydrogen) atoms. The molecule has 0 N–H and O–H groups in total.